The number of ether oxygens (including phenoxy) is 2. The molecule has 0 saturated carbocycles. The maximum absolute atomic E-state index is 14.8. The smallest absolute Gasteiger partial charge is 0.419 e. The monoisotopic (exact) mass is 977 g/mol. The lowest BCUT2D eigenvalue weighted by atomic mass is 9.96. The van der Waals surface area contributed by atoms with Crippen LogP contribution in [-0.4, -0.2) is 106 Å². The van der Waals surface area contributed by atoms with Crippen LogP contribution in [0.3, 0.4) is 0 Å². The van der Waals surface area contributed by atoms with Gasteiger partial charge in [-0.3, -0.25) is 28.5 Å². The molecular formula is C53H67N7O11. The van der Waals surface area contributed by atoms with E-state index in [-0.39, 0.29) is 50.7 Å². The Morgan fingerprint density at radius 3 is 2.04 bits per heavy atom. The standard InChI is InChI=1S/C53H67N7O11/c1-8-31(4)45-49(65)55-39(50(66)67)22-15-16-24-54-44(61)27-42(58-51(68)70-29-38-36-20-11-9-18-34(36)35-19-10-12-21-37(35)38)47(63)57-41(46(62)56-40(25-30(2)3)48(64)59-45)26-32-28-60(52(69)71-53(5,6)7)43-23-14-13-17-33(32)43/h9-14,17-21,23,28,30-31,38-42,45H,8,15-16,22,24-27,29H2,1-7H3,(H,54,61)(H,55,65)(H,56,62)(H,57,63)(H,58,68)(H,59,64)(H,66,67)/t31-,39-,40-,41-,42-,45-/m0/s1. The highest BCUT2D eigenvalue weighted by Crippen LogP contribution is 2.44. The molecule has 2 heterocycles. The van der Waals surface area contributed by atoms with Crippen LogP contribution in [0.1, 0.15) is 110 Å². The number of alkyl carbamates (subject to hydrolysis) is 1. The third-order valence-corrected chi connectivity index (χ3v) is 12.8. The van der Waals surface area contributed by atoms with Gasteiger partial charge in [-0.05, 0) is 92.2 Å². The fraction of sp³-hybridized carbons (Fsp3) is 0.472. The van der Waals surface area contributed by atoms with Crippen molar-refractivity contribution in [3.8, 4) is 11.1 Å². The van der Waals surface area contributed by atoms with E-state index in [9.17, 15) is 43.5 Å². The number of hydrogen-bond donors (Lipinski definition) is 7. The van der Waals surface area contributed by atoms with Crippen molar-refractivity contribution in [2.24, 2.45) is 11.8 Å². The van der Waals surface area contributed by atoms with Crippen LogP contribution < -0.4 is 31.9 Å². The van der Waals surface area contributed by atoms with E-state index in [1.54, 1.807) is 52.0 Å². The lowest BCUT2D eigenvalue weighted by Crippen LogP contribution is -2.60. The van der Waals surface area contributed by atoms with Crippen molar-refractivity contribution in [2.75, 3.05) is 13.2 Å². The van der Waals surface area contributed by atoms with Crippen LogP contribution in [0.25, 0.3) is 22.0 Å². The topological polar surface area (TPSA) is 252 Å². The van der Waals surface area contributed by atoms with E-state index < -0.39 is 95.8 Å². The van der Waals surface area contributed by atoms with Crippen molar-refractivity contribution in [1.82, 2.24) is 36.5 Å². The van der Waals surface area contributed by atoms with Crippen molar-refractivity contribution in [3.05, 3.63) is 95.7 Å². The Labute approximate surface area is 413 Å². The molecule has 0 bridgehead atoms. The molecule has 2 aliphatic rings. The molecule has 6 amide bonds. The average molecular weight is 978 g/mol. The molecule has 4 aromatic rings. The molecule has 1 saturated heterocycles. The van der Waals surface area contributed by atoms with E-state index in [1.807, 2.05) is 69.3 Å². The summed E-state index contributed by atoms with van der Waals surface area (Å²) in [5.74, 6) is -6.05. The number of nitrogens with zero attached hydrogens (tertiary/aromatic N) is 1. The number of amides is 6. The Balaban J connectivity index is 1.35. The van der Waals surface area contributed by atoms with Gasteiger partial charge in [0.05, 0.1) is 11.9 Å². The molecule has 1 aromatic heterocycles. The predicted molar refractivity (Wildman–Crippen MR) is 265 cm³/mol. The summed E-state index contributed by atoms with van der Waals surface area (Å²) in [6.45, 7) is 12.4. The largest absolute Gasteiger partial charge is 0.480 e. The van der Waals surface area contributed by atoms with Crippen LogP contribution in [-0.2, 0) is 44.7 Å². The van der Waals surface area contributed by atoms with E-state index in [4.69, 9.17) is 9.47 Å². The molecule has 6 rings (SSSR count). The number of aliphatic carboxylic acids is 1. The molecule has 0 radical (unpaired) electrons. The number of carboxylic acids is 1. The number of aromatic nitrogens is 1. The van der Waals surface area contributed by atoms with E-state index in [2.05, 4.69) is 31.9 Å². The summed E-state index contributed by atoms with van der Waals surface area (Å²) in [7, 11) is 0. The summed E-state index contributed by atoms with van der Waals surface area (Å²) in [6, 6.07) is 15.7. The number of hydrogen-bond acceptors (Lipinski definition) is 10. The summed E-state index contributed by atoms with van der Waals surface area (Å²) in [6.07, 6.45) is 0.0883. The van der Waals surface area contributed by atoms with Crippen LogP contribution in [0, 0.1) is 11.8 Å². The Morgan fingerprint density at radius 1 is 0.789 bits per heavy atom. The molecule has 3 aromatic carbocycles. The molecule has 6 atom stereocenters. The van der Waals surface area contributed by atoms with Crippen LogP contribution in [0.5, 0.6) is 0 Å². The highest BCUT2D eigenvalue weighted by Gasteiger charge is 2.36. The summed E-state index contributed by atoms with van der Waals surface area (Å²) in [5, 5.41) is 26.8. The van der Waals surface area contributed by atoms with Crippen molar-refractivity contribution in [1.29, 1.82) is 0 Å². The van der Waals surface area contributed by atoms with Gasteiger partial charge >= 0.3 is 18.2 Å². The third kappa shape index (κ3) is 13.8. The second kappa shape index (κ2) is 23.6. The van der Waals surface area contributed by atoms with Crippen molar-refractivity contribution >= 4 is 58.6 Å². The molecule has 1 fully saturated rings. The van der Waals surface area contributed by atoms with Gasteiger partial charge in [0, 0.05) is 30.5 Å². The molecule has 0 unspecified atom stereocenters. The summed E-state index contributed by atoms with van der Waals surface area (Å²) in [5.41, 5.74) is 3.97. The Hall–Kier alpha value is -7.24. The first-order chi connectivity index (χ1) is 33.7. The normalized spacial score (nSPS) is 21.4. The van der Waals surface area contributed by atoms with E-state index >= 15 is 0 Å². The fourth-order valence-electron chi connectivity index (χ4n) is 8.98. The molecule has 1 aliphatic carbocycles. The number of carboxylic acid groups (broad SMARTS) is 1. The molecule has 18 heteroatoms. The molecule has 1 aliphatic heterocycles. The zero-order valence-corrected chi connectivity index (χ0v) is 41.5. The van der Waals surface area contributed by atoms with Crippen molar-refractivity contribution in [3.63, 3.8) is 0 Å². The maximum Gasteiger partial charge on any atom is 0.419 e. The maximum atomic E-state index is 14.8. The predicted octanol–water partition coefficient (Wildman–Crippen LogP) is 5.68. The third-order valence-electron chi connectivity index (χ3n) is 12.8. The molecule has 0 spiro atoms. The fourth-order valence-corrected chi connectivity index (χ4v) is 8.98. The van der Waals surface area contributed by atoms with Gasteiger partial charge in [-0.15, -0.1) is 0 Å². The van der Waals surface area contributed by atoms with Crippen LogP contribution >= 0.6 is 0 Å². The lowest BCUT2D eigenvalue weighted by molar-refractivity contribution is -0.143. The number of rotatable bonds is 10. The molecular weight excluding hydrogens is 911 g/mol. The minimum atomic E-state index is -1.59. The number of benzene rings is 3. The van der Waals surface area contributed by atoms with Gasteiger partial charge in [-0.1, -0.05) is 101 Å². The second-order valence-electron chi connectivity index (χ2n) is 19.8. The van der Waals surface area contributed by atoms with E-state index in [0.29, 0.717) is 29.3 Å². The molecule has 71 heavy (non-hydrogen) atoms. The van der Waals surface area contributed by atoms with Gasteiger partial charge in [0.15, 0.2) is 0 Å². The van der Waals surface area contributed by atoms with Gasteiger partial charge < -0.3 is 46.5 Å². The van der Waals surface area contributed by atoms with Gasteiger partial charge in [-0.2, -0.15) is 0 Å². The van der Waals surface area contributed by atoms with E-state index in [0.717, 1.165) is 22.3 Å². The second-order valence-corrected chi connectivity index (χ2v) is 19.8. The van der Waals surface area contributed by atoms with Gasteiger partial charge in [0.1, 0.15) is 42.4 Å². The average Bonchev–Trinajstić information content (AvgIpc) is 3.85. The summed E-state index contributed by atoms with van der Waals surface area (Å²) in [4.78, 5) is 111. The molecule has 7 N–H and O–H groups in total. The first-order valence-corrected chi connectivity index (χ1v) is 24.4. The zero-order chi connectivity index (χ0) is 51.6. The minimum absolute atomic E-state index is 0.0103. The van der Waals surface area contributed by atoms with Crippen molar-refractivity contribution < 1.29 is 52.9 Å². The van der Waals surface area contributed by atoms with Gasteiger partial charge in [0.25, 0.3) is 0 Å². The van der Waals surface area contributed by atoms with Crippen molar-refractivity contribution in [2.45, 2.75) is 135 Å². The SMILES string of the molecule is CC[C@H](C)[C@@H]1NC(=O)[C@H](CC(C)C)NC(=O)[C@H](Cc2cn(C(=O)OC(C)(C)C)c3ccccc23)NC(=O)[C@@H](NC(=O)OCC2c3ccccc3-c3ccccc32)CC(=O)NCCCC[C@@H](C(=O)O)NC1=O. The zero-order valence-electron chi connectivity index (χ0n) is 41.5. The van der Waals surface area contributed by atoms with Crippen LogP contribution in [0.2, 0.25) is 0 Å². The highest BCUT2D eigenvalue weighted by atomic mass is 16.6. The first kappa shape index (κ1) is 53.1. The Kier molecular flexibility index (Phi) is 17.6. The highest BCUT2D eigenvalue weighted by molar-refractivity contribution is 5.98. The number of fused-ring (bicyclic) bond motifs is 4. The first-order valence-electron chi connectivity index (χ1n) is 24.4. The Morgan fingerprint density at radius 2 is 1.41 bits per heavy atom. The number of para-hydroxylation sites is 1. The number of carbonyl (C=O) groups excluding carboxylic acids is 7. The summed E-state index contributed by atoms with van der Waals surface area (Å²) >= 11 is 0. The quantitative estimate of drug-likeness (QED) is 0.102. The number of nitrogens with one attached hydrogen (secondary N) is 6. The lowest BCUT2D eigenvalue weighted by Gasteiger charge is -2.29. The molecule has 380 valence electrons. The Bertz CT molecular complexity index is 2570. The van der Waals surface area contributed by atoms with Gasteiger partial charge in [0.2, 0.25) is 29.5 Å². The summed E-state index contributed by atoms with van der Waals surface area (Å²) < 4.78 is 12.8. The molecule has 18 nitrogen and oxygen atoms in total. The van der Waals surface area contributed by atoms with Crippen LogP contribution in [0.4, 0.5) is 9.59 Å². The van der Waals surface area contributed by atoms with Crippen LogP contribution in [0.15, 0.2) is 79.0 Å². The number of carbonyl (C=O) groups is 8. The van der Waals surface area contributed by atoms with E-state index in [1.165, 1.54) is 10.8 Å². The minimum Gasteiger partial charge on any atom is -0.480 e. The van der Waals surface area contributed by atoms with Gasteiger partial charge in [-0.25, -0.2) is 14.4 Å².